The van der Waals surface area contributed by atoms with Crippen LogP contribution in [-0.4, -0.2) is 8.07 Å². The fourth-order valence-corrected chi connectivity index (χ4v) is 4.50. The molecule has 0 aliphatic carbocycles. The van der Waals surface area contributed by atoms with E-state index >= 15 is 0 Å². The summed E-state index contributed by atoms with van der Waals surface area (Å²) in [6.45, 7) is 12.3. The molecule has 24 heavy (non-hydrogen) atoms. The average Bonchev–Trinajstić information content (AvgIpc) is 2.51. The van der Waals surface area contributed by atoms with Gasteiger partial charge in [-0.05, 0) is 42.4 Å². The average molecular weight is 346 g/mol. The summed E-state index contributed by atoms with van der Waals surface area (Å²) in [4.78, 5) is 0. The van der Waals surface area contributed by atoms with Crippen LogP contribution in [-0.2, 0) is 13.4 Å². The molecule has 0 bridgehead atoms. The maximum absolute atomic E-state index is 8.86. The van der Waals surface area contributed by atoms with Crippen molar-refractivity contribution in [3.05, 3.63) is 47.2 Å². The standard InChI is InChI=1S/C22H34NSi/c1-16-10-11-19(17(2)12-16)20-13-21(24(7,8)9)18(15-23(20)6)14-22(3,4)5/h10-13,15H,14H2,1-9H3/q+1/i1D3,14D2. The van der Waals surface area contributed by atoms with Crippen LogP contribution in [0.4, 0.5) is 0 Å². The lowest BCUT2D eigenvalue weighted by Crippen LogP contribution is -2.45. The number of benzene rings is 1. The Morgan fingerprint density at radius 2 is 1.83 bits per heavy atom. The van der Waals surface area contributed by atoms with Gasteiger partial charge in [0.1, 0.15) is 7.05 Å². The number of nitrogens with zero attached hydrogens (tertiary/aromatic N) is 1. The molecule has 0 amide bonds. The monoisotopic (exact) mass is 345 g/mol. The van der Waals surface area contributed by atoms with Crippen LogP contribution >= 0.6 is 0 Å². The van der Waals surface area contributed by atoms with Crippen molar-refractivity contribution in [3.8, 4) is 11.3 Å². The van der Waals surface area contributed by atoms with Crippen molar-refractivity contribution in [2.45, 2.75) is 60.6 Å². The fourth-order valence-electron chi connectivity index (χ4n) is 2.99. The molecule has 0 fully saturated rings. The quantitative estimate of drug-likeness (QED) is 0.548. The van der Waals surface area contributed by atoms with Crippen molar-refractivity contribution < 1.29 is 11.4 Å². The van der Waals surface area contributed by atoms with E-state index in [4.69, 9.17) is 6.85 Å². The van der Waals surface area contributed by atoms with E-state index < -0.39 is 26.7 Å². The lowest BCUT2D eigenvalue weighted by atomic mass is 9.88. The minimum absolute atomic E-state index is 0.340. The highest BCUT2D eigenvalue weighted by Crippen LogP contribution is 2.25. The molecule has 0 unspecified atom stereocenters. The smallest absolute Gasteiger partial charge is 0.201 e. The van der Waals surface area contributed by atoms with E-state index in [9.17, 15) is 0 Å². The van der Waals surface area contributed by atoms with E-state index in [1.807, 2.05) is 51.6 Å². The molecule has 0 aliphatic rings. The third-order valence-electron chi connectivity index (χ3n) is 4.09. The molecular weight excluding hydrogens is 306 g/mol. The van der Waals surface area contributed by atoms with Crippen molar-refractivity contribution >= 4 is 13.3 Å². The number of hydrogen-bond acceptors (Lipinski definition) is 0. The van der Waals surface area contributed by atoms with E-state index in [1.165, 1.54) is 0 Å². The van der Waals surface area contributed by atoms with Gasteiger partial charge in [-0.2, -0.15) is 0 Å². The first-order valence-corrected chi connectivity index (χ1v) is 12.0. The van der Waals surface area contributed by atoms with Crippen molar-refractivity contribution in [2.24, 2.45) is 12.5 Å². The molecule has 0 spiro atoms. The molecule has 2 aromatic rings. The second-order valence-corrected chi connectivity index (χ2v) is 13.8. The van der Waals surface area contributed by atoms with Crippen LogP contribution in [0.25, 0.3) is 11.3 Å². The molecule has 0 aliphatic heterocycles. The molecule has 0 saturated heterocycles. The van der Waals surface area contributed by atoms with Gasteiger partial charge in [0.05, 0.1) is 8.07 Å². The van der Waals surface area contributed by atoms with E-state index in [0.29, 0.717) is 5.56 Å². The van der Waals surface area contributed by atoms with Gasteiger partial charge in [0, 0.05) is 24.0 Å². The molecule has 0 atom stereocenters. The molecule has 0 N–H and O–H groups in total. The summed E-state index contributed by atoms with van der Waals surface area (Å²) in [7, 11) is 0.0780. The van der Waals surface area contributed by atoms with Gasteiger partial charge in [0.25, 0.3) is 0 Å². The highest BCUT2D eigenvalue weighted by atomic mass is 28.3. The van der Waals surface area contributed by atoms with E-state index in [-0.39, 0.29) is 0 Å². The Kier molecular flexibility index (Phi) is 3.48. The van der Waals surface area contributed by atoms with Gasteiger partial charge >= 0.3 is 0 Å². The van der Waals surface area contributed by atoms with Crippen LogP contribution in [0.2, 0.25) is 19.6 Å². The predicted octanol–water partition coefficient (Wildman–Crippen LogP) is 4.93. The van der Waals surface area contributed by atoms with Crippen LogP contribution in [0.3, 0.4) is 0 Å². The van der Waals surface area contributed by atoms with Crippen LogP contribution < -0.4 is 9.75 Å². The summed E-state index contributed by atoms with van der Waals surface area (Å²) in [6.07, 6.45) is 0.463. The maximum atomic E-state index is 8.86. The van der Waals surface area contributed by atoms with Gasteiger partial charge in [-0.15, -0.1) is 0 Å². The summed E-state index contributed by atoms with van der Waals surface area (Å²) in [5, 5.41) is 1.10. The minimum Gasteiger partial charge on any atom is -0.201 e. The van der Waals surface area contributed by atoms with Crippen LogP contribution in [0.1, 0.15) is 44.3 Å². The van der Waals surface area contributed by atoms with Crippen molar-refractivity contribution in [2.75, 3.05) is 0 Å². The molecular formula is C22H34NSi+. The molecule has 2 rings (SSSR count). The topological polar surface area (TPSA) is 3.88 Å². The molecule has 1 aromatic heterocycles. The van der Waals surface area contributed by atoms with E-state index in [2.05, 4.69) is 25.7 Å². The normalized spacial score (nSPS) is 16.8. The van der Waals surface area contributed by atoms with Gasteiger partial charge in [-0.1, -0.05) is 58.1 Å². The van der Waals surface area contributed by atoms with E-state index in [0.717, 1.165) is 27.6 Å². The third kappa shape index (κ3) is 4.35. The maximum Gasteiger partial charge on any atom is 0.212 e. The molecule has 1 aromatic carbocycles. The third-order valence-corrected chi connectivity index (χ3v) is 6.12. The molecule has 130 valence electrons. The Hall–Kier alpha value is -1.41. The number of rotatable bonds is 3. The molecule has 0 radical (unpaired) electrons. The Morgan fingerprint density at radius 1 is 1.17 bits per heavy atom. The van der Waals surface area contributed by atoms with Crippen molar-refractivity contribution in [3.63, 3.8) is 0 Å². The van der Waals surface area contributed by atoms with Gasteiger partial charge in [-0.3, -0.25) is 0 Å². The fraction of sp³-hybridized carbons (Fsp3) is 0.500. The zero-order chi connectivity index (χ0) is 22.6. The summed E-state index contributed by atoms with van der Waals surface area (Å²) in [6, 6.07) is 7.41. The molecule has 1 nitrogen and oxygen atoms in total. The van der Waals surface area contributed by atoms with Crippen molar-refractivity contribution in [1.82, 2.24) is 0 Å². The first-order chi connectivity index (χ1) is 12.9. The van der Waals surface area contributed by atoms with Gasteiger partial charge in [0.15, 0.2) is 6.20 Å². The largest absolute Gasteiger partial charge is 0.212 e. The second kappa shape index (κ2) is 6.48. The first-order valence-electron chi connectivity index (χ1n) is 11.0. The zero-order valence-electron chi connectivity index (χ0n) is 21.3. The SMILES string of the molecule is [2H]C([2H])([2H])c1ccc(-c2cc([Si](C)(C)C)c(C([2H])([2H])C(C)(C)C)c[n+]2C)c(C)c1. The highest BCUT2D eigenvalue weighted by Gasteiger charge is 2.28. The Bertz CT molecular complexity index is 919. The van der Waals surface area contributed by atoms with Gasteiger partial charge in [-0.25, -0.2) is 4.57 Å². The zero-order valence-corrected chi connectivity index (χ0v) is 17.3. The number of hydrogen-bond donors (Lipinski definition) is 0. The molecule has 0 saturated carbocycles. The first kappa shape index (κ1) is 12.9. The van der Waals surface area contributed by atoms with E-state index in [1.54, 1.807) is 12.1 Å². The Balaban J connectivity index is 2.78. The predicted molar refractivity (Wildman–Crippen MR) is 109 cm³/mol. The minimum atomic E-state index is -2.12. The summed E-state index contributed by atoms with van der Waals surface area (Å²) < 4.78 is 42.6. The molecule has 1 heterocycles. The number of pyridine rings is 1. The van der Waals surface area contributed by atoms with Gasteiger partial charge < -0.3 is 0 Å². The lowest BCUT2D eigenvalue weighted by Gasteiger charge is -2.25. The van der Waals surface area contributed by atoms with Gasteiger partial charge in [0.2, 0.25) is 5.69 Å². The summed E-state index contributed by atoms with van der Waals surface area (Å²) >= 11 is 0. The lowest BCUT2D eigenvalue weighted by molar-refractivity contribution is -0.660. The highest BCUT2D eigenvalue weighted by molar-refractivity contribution is 6.89. The number of aromatic nitrogens is 1. The summed E-state index contributed by atoms with van der Waals surface area (Å²) in [5.41, 5.74) is 3.42. The molecule has 2 heteroatoms. The van der Waals surface area contributed by atoms with Crippen molar-refractivity contribution in [1.29, 1.82) is 0 Å². The van der Waals surface area contributed by atoms with Crippen LogP contribution in [0.15, 0.2) is 30.5 Å². The summed E-state index contributed by atoms with van der Waals surface area (Å²) in [5.74, 6) is 0. The Morgan fingerprint density at radius 3 is 2.33 bits per heavy atom. The number of aryl methyl sites for hydroxylation is 3. The Labute approximate surface area is 156 Å². The van der Waals surface area contributed by atoms with Crippen LogP contribution in [0, 0.1) is 19.2 Å². The second-order valence-electron chi connectivity index (χ2n) is 8.75. The van der Waals surface area contributed by atoms with Crippen LogP contribution in [0.5, 0.6) is 0 Å².